The van der Waals surface area contributed by atoms with Gasteiger partial charge in [0.1, 0.15) is 0 Å². The van der Waals surface area contributed by atoms with E-state index in [4.69, 9.17) is 0 Å². The minimum absolute atomic E-state index is 0.118. The van der Waals surface area contributed by atoms with Crippen molar-refractivity contribution < 1.29 is 0 Å². The highest BCUT2D eigenvalue weighted by Crippen LogP contribution is 2.24. The van der Waals surface area contributed by atoms with E-state index in [0.717, 1.165) is 27.7 Å². The molecule has 2 aromatic heterocycles. The highest BCUT2D eigenvalue weighted by molar-refractivity contribution is 5.97. The van der Waals surface area contributed by atoms with Crippen molar-refractivity contribution in [3.05, 3.63) is 77.1 Å². The molecule has 0 amide bonds. The number of fused-ring (bicyclic) bond motifs is 2. The largest absolute Gasteiger partial charge is 0.321 e. The van der Waals surface area contributed by atoms with Crippen LogP contribution in [0.3, 0.4) is 0 Å². The van der Waals surface area contributed by atoms with E-state index in [1.54, 1.807) is 6.07 Å². The molecule has 2 aromatic carbocycles. The number of hydrogen-bond acceptors (Lipinski definition) is 2. The normalized spacial score (nSPS) is 11.0. The maximum atomic E-state index is 11.4. The van der Waals surface area contributed by atoms with E-state index in [2.05, 4.69) is 34.2 Å². The maximum absolute atomic E-state index is 11.4. The Hall–Kier alpha value is -2.94. The molecular weight excluding hydrogens is 260 g/mol. The molecule has 3 heteroatoms. The summed E-state index contributed by atoms with van der Waals surface area (Å²) in [6.45, 7) is 0. The van der Waals surface area contributed by atoms with Gasteiger partial charge >= 0.3 is 0 Å². The van der Waals surface area contributed by atoms with Crippen molar-refractivity contribution in [3.8, 4) is 11.4 Å². The SMILES string of the molecule is O=c1cccc(-c2ccc3cc4ccccc4cc3n2)[nH]1. The summed E-state index contributed by atoms with van der Waals surface area (Å²) in [5, 5.41) is 3.46. The summed E-state index contributed by atoms with van der Waals surface area (Å²) in [5.41, 5.74) is 2.32. The second-order valence-electron chi connectivity index (χ2n) is 5.02. The quantitative estimate of drug-likeness (QED) is 0.536. The van der Waals surface area contributed by atoms with E-state index in [1.165, 1.54) is 11.5 Å². The van der Waals surface area contributed by atoms with Crippen LogP contribution in [0.1, 0.15) is 0 Å². The van der Waals surface area contributed by atoms with Gasteiger partial charge in [-0.2, -0.15) is 0 Å². The van der Waals surface area contributed by atoms with Crippen molar-refractivity contribution in [1.29, 1.82) is 0 Å². The van der Waals surface area contributed by atoms with Gasteiger partial charge in [0.2, 0.25) is 5.56 Å². The average molecular weight is 272 g/mol. The Labute approximate surface area is 120 Å². The van der Waals surface area contributed by atoms with Crippen molar-refractivity contribution in [2.75, 3.05) is 0 Å². The zero-order chi connectivity index (χ0) is 14.2. The molecule has 0 atom stereocenters. The fraction of sp³-hybridized carbons (Fsp3) is 0. The molecule has 0 radical (unpaired) electrons. The Morgan fingerprint density at radius 1 is 0.762 bits per heavy atom. The summed E-state index contributed by atoms with van der Waals surface area (Å²) in [6.07, 6.45) is 0. The standard InChI is InChI=1S/C18H12N2O/c21-18-7-3-6-15(20-18)16-9-8-14-10-12-4-1-2-5-13(12)11-17(14)19-16/h1-11H,(H,20,21). The predicted molar refractivity (Wildman–Crippen MR) is 85.3 cm³/mol. The van der Waals surface area contributed by atoms with Gasteiger partial charge in [0.05, 0.1) is 16.9 Å². The minimum Gasteiger partial charge on any atom is -0.321 e. The summed E-state index contributed by atoms with van der Waals surface area (Å²) in [5.74, 6) is 0. The molecule has 0 aliphatic rings. The summed E-state index contributed by atoms with van der Waals surface area (Å²) in [7, 11) is 0. The second-order valence-corrected chi connectivity index (χ2v) is 5.02. The molecule has 0 aliphatic carbocycles. The van der Waals surface area contributed by atoms with Gasteiger partial charge in [-0.05, 0) is 35.0 Å². The van der Waals surface area contributed by atoms with Gasteiger partial charge in [-0.1, -0.05) is 36.4 Å². The third-order valence-corrected chi connectivity index (χ3v) is 3.60. The van der Waals surface area contributed by atoms with Gasteiger partial charge < -0.3 is 4.98 Å². The first kappa shape index (κ1) is 11.9. The fourth-order valence-electron chi connectivity index (χ4n) is 2.56. The summed E-state index contributed by atoms with van der Waals surface area (Å²) in [4.78, 5) is 18.9. The van der Waals surface area contributed by atoms with E-state index >= 15 is 0 Å². The van der Waals surface area contributed by atoms with Crippen molar-refractivity contribution in [1.82, 2.24) is 9.97 Å². The first-order chi connectivity index (χ1) is 10.3. The van der Waals surface area contributed by atoms with Crippen LogP contribution in [0.2, 0.25) is 0 Å². The van der Waals surface area contributed by atoms with Crippen molar-refractivity contribution in [2.24, 2.45) is 0 Å². The molecular formula is C18H12N2O. The van der Waals surface area contributed by atoms with Crippen LogP contribution in [0.15, 0.2) is 71.5 Å². The van der Waals surface area contributed by atoms with Crippen LogP contribution in [-0.4, -0.2) is 9.97 Å². The lowest BCUT2D eigenvalue weighted by Gasteiger charge is -2.05. The zero-order valence-electron chi connectivity index (χ0n) is 11.2. The molecule has 100 valence electrons. The first-order valence-corrected chi connectivity index (χ1v) is 6.79. The van der Waals surface area contributed by atoms with Crippen LogP contribution in [0.4, 0.5) is 0 Å². The van der Waals surface area contributed by atoms with Crippen molar-refractivity contribution >= 4 is 21.7 Å². The number of H-pyrrole nitrogens is 1. The number of pyridine rings is 2. The molecule has 0 bridgehead atoms. The smallest absolute Gasteiger partial charge is 0.248 e. The Kier molecular flexibility index (Phi) is 2.57. The molecule has 0 aliphatic heterocycles. The van der Waals surface area contributed by atoms with E-state index in [1.807, 2.05) is 30.3 Å². The van der Waals surface area contributed by atoms with E-state index < -0.39 is 0 Å². The Morgan fingerprint density at radius 3 is 2.38 bits per heavy atom. The lowest BCUT2D eigenvalue weighted by atomic mass is 10.1. The Morgan fingerprint density at radius 2 is 1.57 bits per heavy atom. The zero-order valence-corrected chi connectivity index (χ0v) is 11.2. The lowest BCUT2D eigenvalue weighted by molar-refractivity contribution is 1.22. The highest BCUT2D eigenvalue weighted by Gasteiger charge is 2.03. The monoisotopic (exact) mass is 272 g/mol. The minimum atomic E-state index is -0.118. The van der Waals surface area contributed by atoms with Gasteiger partial charge in [0, 0.05) is 11.5 Å². The van der Waals surface area contributed by atoms with Crippen LogP contribution >= 0.6 is 0 Å². The molecule has 21 heavy (non-hydrogen) atoms. The molecule has 0 saturated heterocycles. The summed E-state index contributed by atoms with van der Waals surface area (Å²) in [6, 6.07) is 21.5. The van der Waals surface area contributed by atoms with Gasteiger partial charge in [-0.15, -0.1) is 0 Å². The number of aromatic amines is 1. The van der Waals surface area contributed by atoms with E-state index in [9.17, 15) is 4.79 Å². The van der Waals surface area contributed by atoms with E-state index in [0.29, 0.717) is 0 Å². The molecule has 0 unspecified atom stereocenters. The van der Waals surface area contributed by atoms with Gasteiger partial charge in [-0.3, -0.25) is 4.79 Å². The topological polar surface area (TPSA) is 45.8 Å². The van der Waals surface area contributed by atoms with Crippen LogP contribution < -0.4 is 5.56 Å². The van der Waals surface area contributed by atoms with Crippen LogP contribution in [0.5, 0.6) is 0 Å². The maximum Gasteiger partial charge on any atom is 0.248 e. The van der Waals surface area contributed by atoms with Crippen molar-refractivity contribution in [3.63, 3.8) is 0 Å². The summed E-state index contributed by atoms with van der Waals surface area (Å²) >= 11 is 0. The summed E-state index contributed by atoms with van der Waals surface area (Å²) < 4.78 is 0. The molecule has 1 N–H and O–H groups in total. The highest BCUT2D eigenvalue weighted by atomic mass is 16.1. The van der Waals surface area contributed by atoms with Gasteiger partial charge in [-0.25, -0.2) is 4.98 Å². The van der Waals surface area contributed by atoms with Crippen LogP contribution in [0.25, 0.3) is 33.1 Å². The number of nitrogens with one attached hydrogen (secondary N) is 1. The number of rotatable bonds is 1. The molecule has 4 rings (SSSR count). The number of aromatic nitrogens is 2. The molecule has 4 aromatic rings. The third-order valence-electron chi connectivity index (χ3n) is 3.60. The third kappa shape index (κ3) is 2.09. The lowest BCUT2D eigenvalue weighted by Crippen LogP contribution is -2.04. The predicted octanol–water partition coefficient (Wildman–Crippen LogP) is 3.74. The number of hydrogen-bond donors (Lipinski definition) is 1. The number of benzene rings is 2. The molecule has 3 nitrogen and oxygen atoms in total. The molecule has 0 fully saturated rings. The van der Waals surface area contributed by atoms with Gasteiger partial charge in [0.15, 0.2) is 0 Å². The number of nitrogens with zero attached hydrogens (tertiary/aromatic N) is 1. The van der Waals surface area contributed by atoms with E-state index in [-0.39, 0.29) is 5.56 Å². The van der Waals surface area contributed by atoms with Gasteiger partial charge in [0.25, 0.3) is 0 Å². The Bertz CT molecular complexity index is 1020. The van der Waals surface area contributed by atoms with Crippen LogP contribution in [-0.2, 0) is 0 Å². The average Bonchev–Trinajstić information content (AvgIpc) is 2.52. The Balaban J connectivity index is 1.97. The van der Waals surface area contributed by atoms with Crippen molar-refractivity contribution in [2.45, 2.75) is 0 Å². The second kappa shape index (κ2) is 4.56. The molecule has 2 heterocycles. The molecule has 0 saturated carbocycles. The fourth-order valence-corrected chi connectivity index (χ4v) is 2.56. The van der Waals surface area contributed by atoms with Crippen LogP contribution in [0, 0.1) is 0 Å². The molecule has 0 spiro atoms. The first-order valence-electron chi connectivity index (χ1n) is 6.79.